The molecule has 0 fully saturated rings. The van der Waals surface area contributed by atoms with Crippen molar-refractivity contribution in [1.82, 2.24) is 0 Å². The molecule has 1 aromatic carbocycles. The molecule has 0 atom stereocenters. The normalized spacial score (nSPS) is 13.1. The van der Waals surface area contributed by atoms with Crippen molar-refractivity contribution in [2.75, 3.05) is 5.32 Å². The van der Waals surface area contributed by atoms with E-state index in [1.54, 1.807) is 0 Å². The van der Waals surface area contributed by atoms with Crippen molar-refractivity contribution in [3.05, 3.63) is 18.2 Å². The number of carbonyl (C=O) groups excluding carboxylic acids is 1. The molecule has 0 aliphatic carbocycles. The van der Waals surface area contributed by atoms with Crippen LogP contribution in [-0.4, -0.2) is 23.1 Å². The Morgan fingerprint density at radius 2 is 1.17 bits per heavy atom. The molecule has 1 amide bonds. The minimum absolute atomic E-state index is 0.488. The Balaban J connectivity index is 3.15. The Hall–Kier alpha value is -1.24. The van der Waals surface area contributed by atoms with Crippen molar-refractivity contribution < 1.29 is 44.3 Å². The van der Waals surface area contributed by atoms with E-state index in [-0.39, 0.29) is 0 Å². The number of amides is 1. The lowest BCUT2D eigenvalue weighted by atomic mass is 10.3. The second kappa shape index (κ2) is 6.71. The molecular weight excluding hydrogens is 385 g/mol. The number of hydrogen-bond acceptors (Lipinski definition) is 3. The van der Waals surface area contributed by atoms with E-state index >= 15 is 0 Å². The van der Waals surface area contributed by atoms with Crippen LogP contribution in [0, 0.1) is 0 Å². The summed E-state index contributed by atoms with van der Waals surface area (Å²) in [5.74, 6) is -2.52. The fourth-order valence-corrected chi connectivity index (χ4v) is 2.58. The van der Waals surface area contributed by atoms with Crippen molar-refractivity contribution >= 4 is 35.1 Å². The lowest BCUT2D eigenvalue weighted by Crippen LogP contribution is -2.29. The van der Waals surface area contributed by atoms with Gasteiger partial charge in [-0.1, -0.05) is 0 Å². The smallest absolute Gasteiger partial charge is 0.318 e. The first kappa shape index (κ1) is 19.8. The van der Waals surface area contributed by atoms with Crippen LogP contribution in [0.5, 0.6) is 0 Å². The number of alkyl halides is 9. The second-order valence-electron chi connectivity index (χ2n) is 3.74. The van der Waals surface area contributed by atoms with Crippen molar-refractivity contribution in [3.63, 3.8) is 0 Å². The van der Waals surface area contributed by atoms with E-state index in [1.165, 1.54) is 5.32 Å². The number of thioether (sulfide) groups is 2. The van der Waals surface area contributed by atoms with E-state index in [4.69, 9.17) is 0 Å². The maximum atomic E-state index is 12.3. The highest BCUT2D eigenvalue weighted by molar-refractivity contribution is 8.01. The maximum Gasteiger partial charge on any atom is 0.471 e. The highest BCUT2D eigenvalue weighted by Crippen LogP contribution is 2.43. The van der Waals surface area contributed by atoms with Gasteiger partial charge in [0.2, 0.25) is 0 Å². The average Bonchev–Trinajstić information content (AvgIpc) is 2.21. The number of benzene rings is 1. The zero-order chi connectivity index (χ0) is 18.1. The SMILES string of the molecule is O=C(Nc1cc(SC(F)(F)F)cc(SC(F)(F)F)c1)C(F)(F)F. The van der Waals surface area contributed by atoms with Gasteiger partial charge in [0, 0.05) is 15.5 Å². The summed E-state index contributed by atoms with van der Waals surface area (Å²) < 4.78 is 110. The molecule has 0 unspecified atom stereocenters. The molecule has 23 heavy (non-hydrogen) atoms. The van der Waals surface area contributed by atoms with Crippen molar-refractivity contribution in [2.24, 2.45) is 0 Å². The van der Waals surface area contributed by atoms with Gasteiger partial charge in [0.15, 0.2) is 0 Å². The van der Waals surface area contributed by atoms with Crippen LogP contribution in [0.4, 0.5) is 45.2 Å². The predicted octanol–water partition coefficient (Wildman–Crippen LogP) is 5.41. The minimum atomic E-state index is -5.34. The number of hydrogen-bond donors (Lipinski definition) is 1. The summed E-state index contributed by atoms with van der Waals surface area (Å²) in [6, 6.07) is 1.48. The van der Waals surface area contributed by atoms with Gasteiger partial charge in [-0.05, 0) is 41.7 Å². The van der Waals surface area contributed by atoms with Gasteiger partial charge in [0.1, 0.15) is 0 Å². The third kappa shape index (κ3) is 7.72. The van der Waals surface area contributed by atoms with Crippen LogP contribution in [0.1, 0.15) is 0 Å². The van der Waals surface area contributed by atoms with Crippen LogP contribution in [-0.2, 0) is 4.79 Å². The average molecular weight is 389 g/mol. The Morgan fingerprint density at radius 3 is 1.48 bits per heavy atom. The van der Waals surface area contributed by atoms with Crippen molar-refractivity contribution in [1.29, 1.82) is 0 Å². The first-order valence-corrected chi connectivity index (χ1v) is 6.84. The minimum Gasteiger partial charge on any atom is -0.318 e. The molecular formula is C10H4F9NOS2. The van der Waals surface area contributed by atoms with E-state index in [9.17, 15) is 44.3 Å². The summed E-state index contributed by atoms with van der Waals surface area (Å²) in [6.07, 6.45) is -5.34. The number of anilines is 1. The van der Waals surface area contributed by atoms with Gasteiger partial charge < -0.3 is 5.32 Å². The summed E-state index contributed by atoms with van der Waals surface area (Å²) in [7, 11) is 0. The summed E-state index contributed by atoms with van der Waals surface area (Å²) in [4.78, 5) is 9.13. The van der Waals surface area contributed by atoms with Gasteiger partial charge in [0.05, 0.1) is 0 Å². The molecule has 0 radical (unpaired) electrons. The van der Waals surface area contributed by atoms with E-state index in [1.807, 2.05) is 0 Å². The molecule has 2 nitrogen and oxygen atoms in total. The highest BCUT2D eigenvalue weighted by atomic mass is 32.2. The molecule has 130 valence electrons. The number of nitrogens with one attached hydrogen (secondary N) is 1. The zero-order valence-corrected chi connectivity index (χ0v) is 12.0. The Labute approximate surface area is 130 Å². The Morgan fingerprint density at radius 1 is 0.783 bits per heavy atom. The Bertz CT molecular complexity index is 545. The summed E-state index contributed by atoms with van der Waals surface area (Å²) in [5, 5.41) is 1.21. The van der Waals surface area contributed by atoms with Crippen molar-refractivity contribution in [3.8, 4) is 0 Å². The monoisotopic (exact) mass is 389 g/mol. The van der Waals surface area contributed by atoms with Gasteiger partial charge in [-0.15, -0.1) is 0 Å². The molecule has 0 spiro atoms. The molecule has 0 bridgehead atoms. The summed E-state index contributed by atoms with van der Waals surface area (Å²) in [5.41, 5.74) is -10.6. The number of carbonyl (C=O) groups is 1. The largest absolute Gasteiger partial charge is 0.471 e. The lowest BCUT2D eigenvalue weighted by molar-refractivity contribution is -0.167. The number of rotatable bonds is 3. The standard InChI is InChI=1S/C10H4F9NOS2/c11-8(12,13)7(21)20-4-1-5(22-9(14,15)16)3-6(2-4)23-10(17,18)19/h1-3H,(H,20,21). The van der Waals surface area contributed by atoms with Gasteiger partial charge >= 0.3 is 23.1 Å². The van der Waals surface area contributed by atoms with Gasteiger partial charge in [0.25, 0.3) is 0 Å². The van der Waals surface area contributed by atoms with Crippen LogP contribution in [0.25, 0.3) is 0 Å². The highest BCUT2D eigenvalue weighted by Gasteiger charge is 2.39. The molecule has 0 saturated heterocycles. The maximum absolute atomic E-state index is 12.3. The molecule has 0 aromatic heterocycles. The van der Waals surface area contributed by atoms with Gasteiger partial charge in [-0.2, -0.15) is 39.5 Å². The van der Waals surface area contributed by atoms with Crippen molar-refractivity contribution in [2.45, 2.75) is 27.0 Å². The van der Waals surface area contributed by atoms with Crippen LogP contribution >= 0.6 is 23.5 Å². The quantitative estimate of drug-likeness (QED) is 0.554. The third-order valence-electron chi connectivity index (χ3n) is 1.86. The van der Waals surface area contributed by atoms with Gasteiger partial charge in [-0.3, -0.25) is 4.79 Å². The predicted molar refractivity (Wildman–Crippen MR) is 65.0 cm³/mol. The van der Waals surface area contributed by atoms with Crippen LogP contribution in [0.3, 0.4) is 0 Å². The van der Waals surface area contributed by atoms with Crippen LogP contribution < -0.4 is 5.32 Å². The van der Waals surface area contributed by atoms with E-state index in [0.717, 1.165) is 0 Å². The molecule has 0 aliphatic heterocycles. The lowest BCUT2D eigenvalue weighted by Gasteiger charge is -2.13. The fraction of sp³-hybridized carbons (Fsp3) is 0.300. The van der Waals surface area contributed by atoms with Crippen LogP contribution in [0.15, 0.2) is 28.0 Å². The summed E-state index contributed by atoms with van der Waals surface area (Å²) >= 11 is -1.65. The zero-order valence-electron chi connectivity index (χ0n) is 10.4. The molecule has 0 heterocycles. The molecule has 1 rings (SSSR count). The fourth-order valence-electron chi connectivity index (χ4n) is 1.23. The topological polar surface area (TPSA) is 29.1 Å². The Kier molecular flexibility index (Phi) is 5.78. The molecule has 1 aromatic rings. The second-order valence-corrected chi connectivity index (χ2v) is 6.02. The molecule has 0 aliphatic rings. The van der Waals surface area contributed by atoms with E-state index < -0.39 is 62.1 Å². The summed E-state index contributed by atoms with van der Waals surface area (Å²) in [6.45, 7) is 0. The molecule has 0 saturated carbocycles. The molecule has 1 N–H and O–H groups in total. The first-order chi connectivity index (χ1) is 10.2. The first-order valence-electron chi connectivity index (χ1n) is 5.20. The van der Waals surface area contributed by atoms with E-state index in [2.05, 4.69) is 0 Å². The van der Waals surface area contributed by atoms with Crippen LogP contribution in [0.2, 0.25) is 0 Å². The third-order valence-corrected chi connectivity index (χ3v) is 3.27. The molecule has 13 heteroatoms. The van der Waals surface area contributed by atoms with E-state index in [0.29, 0.717) is 18.2 Å². The van der Waals surface area contributed by atoms with Gasteiger partial charge in [-0.25, -0.2) is 0 Å². The number of halogens is 9.